The minimum Gasteiger partial charge on any atom is -0.355 e. The van der Waals surface area contributed by atoms with Gasteiger partial charge >= 0.3 is 0 Å². The first-order valence-electron chi connectivity index (χ1n) is 9.58. The van der Waals surface area contributed by atoms with E-state index in [1.54, 1.807) is 62.4 Å². The summed E-state index contributed by atoms with van der Waals surface area (Å²) in [5.74, 6) is -0.843. The third kappa shape index (κ3) is 6.95. The van der Waals surface area contributed by atoms with E-state index in [0.29, 0.717) is 21.7 Å². The van der Waals surface area contributed by atoms with Crippen molar-refractivity contribution in [3.8, 4) is 0 Å². The normalized spacial score (nSPS) is 12.2. The monoisotopic (exact) mass is 529 g/mol. The van der Waals surface area contributed by atoms with Crippen molar-refractivity contribution in [1.82, 2.24) is 10.2 Å². The highest BCUT2D eigenvalue weighted by Crippen LogP contribution is 2.28. The van der Waals surface area contributed by atoms with Crippen LogP contribution in [-0.4, -0.2) is 50.5 Å². The van der Waals surface area contributed by atoms with Crippen LogP contribution in [0.4, 0.5) is 5.69 Å². The van der Waals surface area contributed by atoms with E-state index in [-0.39, 0.29) is 12.5 Å². The van der Waals surface area contributed by atoms with Crippen molar-refractivity contribution in [2.24, 2.45) is 0 Å². The van der Waals surface area contributed by atoms with Crippen LogP contribution in [0.1, 0.15) is 19.4 Å². The van der Waals surface area contributed by atoms with Crippen LogP contribution in [0.5, 0.6) is 0 Å². The van der Waals surface area contributed by atoms with Crippen molar-refractivity contribution in [2.45, 2.75) is 26.4 Å². The van der Waals surface area contributed by atoms with E-state index >= 15 is 0 Å². The minimum atomic E-state index is -3.77. The number of carbonyl (C=O) groups excluding carboxylic acids is 2. The Bertz CT molecular complexity index is 1050. The quantitative estimate of drug-likeness (QED) is 0.538. The van der Waals surface area contributed by atoms with Gasteiger partial charge in [0.2, 0.25) is 21.8 Å². The summed E-state index contributed by atoms with van der Waals surface area (Å²) >= 11 is 9.41. The molecule has 2 aromatic carbocycles. The Morgan fingerprint density at radius 1 is 1.16 bits per heavy atom. The summed E-state index contributed by atoms with van der Waals surface area (Å²) in [6.45, 7) is 3.45. The topological polar surface area (TPSA) is 86.8 Å². The van der Waals surface area contributed by atoms with Gasteiger partial charge in [-0.15, -0.1) is 0 Å². The zero-order valence-corrected chi connectivity index (χ0v) is 20.7. The van der Waals surface area contributed by atoms with E-state index < -0.39 is 28.5 Å². The van der Waals surface area contributed by atoms with Crippen LogP contribution < -0.4 is 9.62 Å². The molecular formula is C21H25BrClN3O4S. The number of hydrogen-bond acceptors (Lipinski definition) is 4. The number of para-hydroxylation sites is 1. The molecule has 7 nitrogen and oxygen atoms in total. The van der Waals surface area contributed by atoms with E-state index in [4.69, 9.17) is 11.6 Å². The molecule has 31 heavy (non-hydrogen) atoms. The lowest BCUT2D eigenvalue weighted by Crippen LogP contribution is -2.51. The van der Waals surface area contributed by atoms with E-state index in [1.807, 2.05) is 0 Å². The minimum absolute atomic E-state index is 0.102. The van der Waals surface area contributed by atoms with Crippen LogP contribution in [0.25, 0.3) is 0 Å². The van der Waals surface area contributed by atoms with Gasteiger partial charge in [0, 0.05) is 22.6 Å². The molecule has 0 aliphatic rings. The summed E-state index contributed by atoms with van der Waals surface area (Å²) in [6.07, 6.45) is 1.04. The van der Waals surface area contributed by atoms with E-state index in [2.05, 4.69) is 21.2 Å². The van der Waals surface area contributed by atoms with Crippen molar-refractivity contribution in [1.29, 1.82) is 0 Å². The number of likely N-dealkylation sites (N-methyl/N-ethyl adjacent to an activating group) is 1. The molecule has 10 heteroatoms. The second-order valence-corrected chi connectivity index (χ2v) is 10.1. The van der Waals surface area contributed by atoms with Gasteiger partial charge in [0.25, 0.3) is 0 Å². The molecule has 2 rings (SSSR count). The van der Waals surface area contributed by atoms with Crippen molar-refractivity contribution >= 4 is 55.1 Å². The highest BCUT2D eigenvalue weighted by Gasteiger charge is 2.30. The van der Waals surface area contributed by atoms with Gasteiger partial charge in [-0.25, -0.2) is 8.42 Å². The first-order chi connectivity index (χ1) is 14.5. The zero-order chi connectivity index (χ0) is 23.2. The predicted octanol–water partition coefficient (Wildman–Crippen LogP) is 3.42. The molecule has 0 heterocycles. The highest BCUT2D eigenvalue weighted by atomic mass is 79.9. The Kier molecular flexibility index (Phi) is 8.90. The molecule has 0 spiro atoms. The molecular weight excluding hydrogens is 506 g/mol. The Hall–Kier alpha value is -2.10. The van der Waals surface area contributed by atoms with Gasteiger partial charge in [-0.3, -0.25) is 13.9 Å². The molecule has 0 bridgehead atoms. The maximum Gasteiger partial charge on any atom is 0.244 e. The summed E-state index contributed by atoms with van der Waals surface area (Å²) in [5.41, 5.74) is 1.07. The van der Waals surface area contributed by atoms with E-state index in [0.717, 1.165) is 16.1 Å². The number of carbonyl (C=O) groups is 2. The van der Waals surface area contributed by atoms with Crippen LogP contribution >= 0.6 is 27.5 Å². The summed E-state index contributed by atoms with van der Waals surface area (Å²) in [4.78, 5) is 27.2. The predicted molar refractivity (Wildman–Crippen MR) is 126 cm³/mol. The molecule has 2 amide bonds. The van der Waals surface area contributed by atoms with Gasteiger partial charge in [0.1, 0.15) is 12.6 Å². The van der Waals surface area contributed by atoms with Gasteiger partial charge in [0.05, 0.1) is 11.9 Å². The number of amides is 2. The van der Waals surface area contributed by atoms with Crippen molar-refractivity contribution in [3.63, 3.8) is 0 Å². The molecule has 0 aromatic heterocycles. The van der Waals surface area contributed by atoms with Gasteiger partial charge in [-0.05, 0) is 59.6 Å². The lowest BCUT2D eigenvalue weighted by molar-refractivity contribution is -0.139. The number of nitrogens with one attached hydrogen (secondary N) is 1. The van der Waals surface area contributed by atoms with Crippen LogP contribution in [0.2, 0.25) is 5.02 Å². The Morgan fingerprint density at radius 3 is 2.42 bits per heavy atom. The molecule has 1 atom stereocenters. The van der Waals surface area contributed by atoms with Gasteiger partial charge in [-0.2, -0.15) is 0 Å². The lowest BCUT2D eigenvalue weighted by atomic mass is 10.1. The van der Waals surface area contributed by atoms with Gasteiger partial charge in [0.15, 0.2) is 0 Å². The van der Waals surface area contributed by atoms with Crippen molar-refractivity contribution in [2.75, 3.05) is 23.7 Å². The molecule has 0 fully saturated rings. The van der Waals surface area contributed by atoms with Crippen molar-refractivity contribution in [3.05, 3.63) is 63.6 Å². The molecule has 168 valence electrons. The van der Waals surface area contributed by atoms with Crippen LogP contribution in [0.15, 0.2) is 53.0 Å². The Balaban J connectivity index is 2.40. The van der Waals surface area contributed by atoms with Crippen LogP contribution in [0, 0.1) is 0 Å². The molecule has 0 saturated carbocycles. The summed E-state index contributed by atoms with van der Waals surface area (Å²) in [6, 6.07) is 12.9. The molecule has 0 unspecified atom stereocenters. The fourth-order valence-corrected chi connectivity index (χ4v) is 4.68. The Morgan fingerprint density at radius 2 is 1.84 bits per heavy atom. The van der Waals surface area contributed by atoms with Gasteiger partial charge < -0.3 is 10.2 Å². The molecule has 0 aliphatic carbocycles. The number of halogens is 2. The number of nitrogens with zero attached hydrogens (tertiary/aromatic N) is 2. The van der Waals surface area contributed by atoms with E-state index in [9.17, 15) is 18.0 Å². The summed E-state index contributed by atoms with van der Waals surface area (Å²) < 4.78 is 26.5. The van der Waals surface area contributed by atoms with Crippen LogP contribution in [0.3, 0.4) is 0 Å². The number of benzene rings is 2. The fourth-order valence-electron chi connectivity index (χ4n) is 2.99. The smallest absolute Gasteiger partial charge is 0.244 e. The number of hydrogen-bond donors (Lipinski definition) is 1. The zero-order valence-electron chi connectivity index (χ0n) is 17.5. The molecule has 0 radical (unpaired) electrons. The third-order valence-corrected chi connectivity index (χ3v) is 6.59. The largest absolute Gasteiger partial charge is 0.355 e. The van der Waals surface area contributed by atoms with Gasteiger partial charge in [-0.1, -0.05) is 35.9 Å². The first kappa shape index (κ1) is 25.2. The fraction of sp³-hybridized carbons (Fsp3) is 0.333. The second kappa shape index (κ2) is 11.0. The third-order valence-electron chi connectivity index (χ3n) is 4.56. The average molecular weight is 531 g/mol. The number of sulfonamides is 1. The molecule has 0 aliphatic heterocycles. The maximum atomic E-state index is 13.3. The SMILES string of the molecule is CCNC(=O)[C@@H](C)N(Cc1cccc(Cl)c1)C(=O)CN(c1ccccc1Br)S(C)(=O)=O. The molecule has 2 aromatic rings. The second-order valence-electron chi connectivity index (χ2n) is 6.94. The maximum absolute atomic E-state index is 13.3. The van der Waals surface area contributed by atoms with Crippen LogP contribution in [-0.2, 0) is 26.2 Å². The standard InChI is InChI=1S/C21H25BrClN3O4S/c1-4-24-21(28)15(2)25(13-16-8-7-9-17(23)12-16)20(27)14-26(31(3,29)30)19-11-6-5-10-18(19)22/h5-12,15H,4,13-14H2,1-3H3,(H,24,28)/t15-/m1/s1. The summed E-state index contributed by atoms with van der Waals surface area (Å²) in [5, 5.41) is 3.21. The highest BCUT2D eigenvalue weighted by molar-refractivity contribution is 9.10. The summed E-state index contributed by atoms with van der Waals surface area (Å²) in [7, 11) is -3.77. The number of rotatable bonds is 9. The number of anilines is 1. The van der Waals surface area contributed by atoms with E-state index in [1.165, 1.54) is 4.90 Å². The average Bonchev–Trinajstić information content (AvgIpc) is 2.69. The van der Waals surface area contributed by atoms with Crippen molar-refractivity contribution < 1.29 is 18.0 Å². The molecule has 0 saturated heterocycles. The lowest BCUT2D eigenvalue weighted by Gasteiger charge is -2.31. The Labute approximate surface area is 196 Å². The first-order valence-corrected chi connectivity index (χ1v) is 12.6. The molecule has 1 N–H and O–H groups in total.